The molecular weight excluding hydrogens is 429 g/mol. The molecule has 0 aliphatic heterocycles. The summed E-state index contributed by atoms with van der Waals surface area (Å²) in [6, 6.07) is 10.7. The van der Waals surface area contributed by atoms with Crippen LogP contribution in [0.15, 0.2) is 53.3 Å². The number of aromatic nitrogens is 1. The van der Waals surface area contributed by atoms with Gasteiger partial charge in [-0.1, -0.05) is 30.3 Å². The highest BCUT2D eigenvalue weighted by atomic mass is 19.1. The van der Waals surface area contributed by atoms with Gasteiger partial charge in [-0.3, -0.25) is 9.59 Å². The lowest BCUT2D eigenvalue weighted by Crippen LogP contribution is -2.36. The molecule has 0 spiro atoms. The number of anilines is 1. The van der Waals surface area contributed by atoms with E-state index in [1.807, 2.05) is 19.1 Å². The summed E-state index contributed by atoms with van der Waals surface area (Å²) in [5.74, 6) is -2.08. The van der Waals surface area contributed by atoms with Gasteiger partial charge in [-0.05, 0) is 42.7 Å². The van der Waals surface area contributed by atoms with Crippen LogP contribution in [0.1, 0.15) is 29.3 Å². The minimum atomic E-state index is -1.18. The van der Waals surface area contributed by atoms with Crippen LogP contribution in [-0.2, 0) is 11.8 Å². The minimum absolute atomic E-state index is 0.272. The summed E-state index contributed by atoms with van der Waals surface area (Å²) in [7, 11) is 1.49. The van der Waals surface area contributed by atoms with E-state index < -0.39 is 41.6 Å². The highest BCUT2D eigenvalue weighted by Gasteiger charge is 2.22. The van der Waals surface area contributed by atoms with Gasteiger partial charge in [0.05, 0.1) is 12.5 Å². The average molecular weight is 453 g/mol. The van der Waals surface area contributed by atoms with E-state index in [2.05, 4.69) is 10.6 Å². The van der Waals surface area contributed by atoms with Crippen LogP contribution in [0.25, 0.3) is 11.1 Å². The lowest BCUT2D eigenvalue weighted by atomic mass is 9.95. The maximum atomic E-state index is 14.6. The summed E-state index contributed by atoms with van der Waals surface area (Å²) < 4.78 is 15.8. The van der Waals surface area contributed by atoms with Gasteiger partial charge in [0.2, 0.25) is 0 Å². The Kier molecular flexibility index (Phi) is 6.81. The molecule has 3 rings (SSSR count). The fraction of sp³-hybridized carbons (Fsp3) is 0.208. The van der Waals surface area contributed by atoms with Crippen LogP contribution in [0.2, 0.25) is 0 Å². The van der Waals surface area contributed by atoms with Gasteiger partial charge in [-0.25, -0.2) is 9.18 Å². The van der Waals surface area contributed by atoms with Crippen LogP contribution in [0.4, 0.5) is 14.9 Å². The molecule has 0 fully saturated rings. The van der Waals surface area contributed by atoms with Crippen molar-refractivity contribution in [3.8, 4) is 16.9 Å². The number of amides is 2. The number of pyridine rings is 1. The van der Waals surface area contributed by atoms with Crippen molar-refractivity contribution < 1.29 is 24.2 Å². The fourth-order valence-electron chi connectivity index (χ4n) is 3.50. The topological polar surface area (TPSA) is 121 Å². The Morgan fingerprint density at radius 1 is 1.09 bits per heavy atom. The van der Waals surface area contributed by atoms with Crippen molar-refractivity contribution >= 4 is 17.7 Å². The number of carbonyl (C=O) groups is 2. The second-order valence-corrected chi connectivity index (χ2v) is 7.71. The Morgan fingerprint density at radius 3 is 2.45 bits per heavy atom. The normalized spacial score (nSPS) is 11.6. The van der Waals surface area contributed by atoms with Gasteiger partial charge in [-0.15, -0.1) is 0 Å². The molecule has 3 aromatic rings. The molecule has 0 radical (unpaired) electrons. The summed E-state index contributed by atoms with van der Waals surface area (Å²) in [4.78, 5) is 36.4. The minimum Gasteiger partial charge on any atom is -0.505 e. The number of rotatable bonds is 6. The van der Waals surface area contributed by atoms with Crippen molar-refractivity contribution in [3.63, 3.8) is 0 Å². The number of aryl methyl sites for hydroxylation is 2. The largest absolute Gasteiger partial charge is 0.505 e. The molecule has 0 aliphatic rings. The summed E-state index contributed by atoms with van der Waals surface area (Å²) in [5.41, 5.74) is 1.64. The molecule has 0 saturated heterocycles. The third-order valence-electron chi connectivity index (χ3n) is 5.40. The summed E-state index contributed by atoms with van der Waals surface area (Å²) in [5, 5.41) is 24.2. The van der Waals surface area contributed by atoms with Crippen LogP contribution in [0.5, 0.6) is 5.75 Å². The number of aromatic hydroxyl groups is 1. The summed E-state index contributed by atoms with van der Waals surface area (Å²) in [6.45, 7) is 3.45. The van der Waals surface area contributed by atoms with E-state index >= 15 is 0 Å². The number of benzene rings is 2. The molecule has 4 N–H and O–H groups in total. The molecular formula is C24H24FN3O5. The Labute approximate surface area is 189 Å². The first-order valence-corrected chi connectivity index (χ1v) is 10.1. The van der Waals surface area contributed by atoms with E-state index in [-0.39, 0.29) is 11.3 Å². The van der Waals surface area contributed by atoms with Crippen LogP contribution >= 0.6 is 0 Å². The zero-order valence-corrected chi connectivity index (χ0v) is 18.3. The molecule has 2 aromatic carbocycles. The predicted molar refractivity (Wildman–Crippen MR) is 122 cm³/mol. The first-order chi connectivity index (χ1) is 15.6. The van der Waals surface area contributed by atoms with Crippen LogP contribution < -0.4 is 16.2 Å². The number of carboxylic acids is 1. The first-order valence-electron chi connectivity index (χ1n) is 10.1. The Morgan fingerprint density at radius 2 is 1.79 bits per heavy atom. The number of aliphatic carboxylic acids is 1. The van der Waals surface area contributed by atoms with Crippen molar-refractivity contribution in [3.05, 3.63) is 81.5 Å². The smallest absolute Gasteiger partial charge is 0.319 e. The molecule has 1 aromatic heterocycles. The molecule has 1 unspecified atom stereocenters. The van der Waals surface area contributed by atoms with E-state index in [1.54, 1.807) is 19.1 Å². The molecule has 9 heteroatoms. The number of nitrogens with one attached hydrogen (secondary N) is 2. The Balaban J connectivity index is 1.93. The van der Waals surface area contributed by atoms with Gasteiger partial charge in [0.25, 0.3) is 5.56 Å². The lowest BCUT2D eigenvalue weighted by molar-refractivity contribution is -0.137. The van der Waals surface area contributed by atoms with Crippen LogP contribution in [-0.4, -0.2) is 26.8 Å². The standard InChI is InChI=1S/C24H24FN3O5/c1-13-6-4-5-7-16(13)17-11-15(8-9-18(17)25)19(12-21(30)31)26-24(33)27-22-20(29)10-14(2)28(3)23(22)32/h4-11,19,29H,12H2,1-3H3,(H,30,31)(H2,26,27,33). The molecule has 172 valence electrons. The molecule has 0 aliphatic carbocycles. The van der Waals surface area contributed by atoms with E-state index in [9.17, 15) is 29.0 Å². The number of carboxylic acid groups (broad SMARTS) is 1. The van der Waals surface area contributed by atoms with Gasteiger partial charge >= 0.3 is 12.0 Å². The highest BCUT2D eigenvalue weighted by molar-refractivity contribution is 5.91. The highest BCUT2D eigenvalue weighted by Crippen LogP contribution is 2.30. The van der Waals surface area contributed by atoms with Gasteiger partial charge in [0.15, 0.2) is 5.69 Å². The Bertz CT molecular complexity index is 1290. The van der Waals surface area contributed by atoms with Gasteiger partial charge in [0, 0.05) is 24.4 Å². The summed E-state index contributed by atoms with van der Waals surface area (Å²) in [6.07, 6.45) is -0.482. The second-order valence-electron chi connectivity index (χ2n) is 7.71. The van der Waals surface area contributed by atoms with E-state index in [4.69, 9.17) is 0 Å². The van der Waals surface area contributed by atoms with Gasteiger partial charge in [0.1, 0.15) is 11.6 Å². The van der Waals surface area contributed by atoms with Gasteiger partial charge in [-0.2, -0.15) is 0 Å². The average Bonchev–Trinajstić information content (AvgIpc) is 2.75. The number of carbonyl (C=O) groups excluding carboxylic acids is 1. The van der Waals surface area contributed by atoms with Crippen LogP contribution in [0, 0.1) is 19.7 Å². The van der Waals surface area contributed by atoms with E-state index in [0.29, 0.717) is 16.8 Å². The third kappa shape index (κ3) is 5.20. The maximum absolute atomic E-state index is 14.6. The Hall–Kier alpha value is -4.14. The number of halogens is 1. The SMILES string of the molecule is Cc1ccccc1-c1cc(C(CC(=O)O)NC(=O)Nc2c(O)cc(C)n(C)c2=O)ccc1F. The van der Waals surface area contributed by atoms with Crippen molar-refractivity contribution in [1.29, 1.82) is 0 Å². The first kappa shape index (κ1) is 23.5. The zero-order chi connectivity index (χ0) is 24.3. The molecule has 8 nitrogen and oxygen atoms in total. The molecule has 1 atom stereocenters. The molecule has 0 saturated carbocycles. The number of nitrogens with zero attached hydrogens (tertiary/aromatic N) is 1. The third-order valence-corrected chi connectivity index (χ3v) is 5.40. The molecule has 2 amide bonds. The van der Waals surface area contributed by atoms with Crippen molar-refractivity contribution in [2.75, 3.05) is 5.32 Å². The van der Waals surface area contributed by atoms with E-state index in [1.165, 1.54) is 35.9 Å². The monoisotopic (exact) mass is 453 g/mol. The van der Waals surface area contributed by atoms with Crippen molar-refractivity contribution in [2.24, 2.45) is 7.05 Å². The maximum Gasteiger partial charge on any atom is 0.319 e. The number of hydrogen-bond acceptors (Lipinski definition) is 4. The van der Waals surface area contributed by atoms with Crippen LogP contribution in [0.3, 0.4) is 0 Å². The quantitative estimate of drug-likeness (QED) is 0.452. The molecule has 1 heterocycles. The predicted octanol–water partition coefficient (Wildman–Crippen LogP) is 3.85. The molecule has 0 bridgehead atoms. The van der Waals surface area contributed by atoms with Gasteiger partial charge < -0.3 is 25.4 Å². The van der Waals surface area contributed by atoms with E-state index in [0.717, 1.165) is 5.56 Å². The number of hydrogen-bond donors (Lipinski definition) is 4. The fourth-order valence-corrected chi connectivity index (χ4v) is 3.50. The summed E-state index contributed by atoms with van der Waals surface area (Å²) >= 11 is 0. The number of urea groups is 1. The van der Waals surface area contributed by atoms with Crippen molar-refractivity contribution in [1.82, 2.24) is 9.88 Å². The lowest BCUT2D eigenvalue weighted by Gasteiger charge is -2.20. The zero-order valence-electron chi connectivity index (χ0n) is 18.3. The second kappa shape index (κ2) is 9.56. The molecule has 33 heavy (non-hydrogen) atoms. The van der Waals surface area contributed by atoms with Crippen molar-refractivity contribution in [2.45, 2.75) is 26.3 Å².